The molecule has 0 amide bonds. The molecule has 3 heteroatoms. The van der Waals surface area contributed by atoms with Crippen molar-refractivity contribution in [1.29, 1.82) is 0 Å². The van der Waals surface area contributed by atoms with Gasteiger partial charge in [0.05, 0.1) is 0 Å². The summed E-state index contributed by atoms with van der Waals surface area (Å²) >= 11 is 0. The first-order valence-corrected chi connectivity index (χ1v) is 6.90. The molecule has 1 aliphatic rings. The van der Waals surface area contributed by atoms with Crippen molar-refractivity contribution in [1.82, 2.24) is 9.80 Å². The van der Waals surface area contributed by atoms with E-state index in [0.29, 0.717) is 0 Å². The van der Waals surface area contributed by atoms with E-state index in [0.717, 1.165) is 51.3 Å². The molecule has 1 atom stereocenters. The Labute approximate surface area is 106 Å². The molecule has 0 radical (unpaired) electrons. The Kier molecular flexibility index (Phi) is 5.60. The van der Waals surface area contributed by atoms with E-state index in [-0.39, 0.29) is 5.41 Å². The number of carbonyl (C=O) groups is 1. The van der Waals surface area contributed by atoms with Gasteiger partial charge in [0, 0.05) is 44.7 Å². The van der Waals surface area contributed by atoms with E-state index in [1.807, 2.05) is 0 Å². The molecule has 0 bridgehead atoms. The van der Waals surface area contributed by atoms with Crippen molar-refractivity contribution >= 4 is 6.29 Å². The summed E-state index contributed by atoms with van der Waals surface area (Å²) in [5.41, 5.74) is -0.153. The molecule has 1 fully saturated rings. The van der Waals surface area contributed by atoms with Gasteiger partial charge in [0.15, 0.2) is 0 Å². The largest absolute Gasteiger partial charge is 0.303 e. The molecule has 17 heavy (non-hydrogen) atoms. The monoisotopic (exact) mass is 240 g/mol. The second kappa shape index (κ2) is 6.50. The maximum absolute atomic E-state index is 11.1. The summed E-state index contributed by atoms with van der Waals surface area (Å²) in [5, 5.41) is 0. The zero-order chi connectivity index (χ0) is 12.9. The minimum absolute atomic E-state index is 0.153. The van der Waals surface area contributed by atoms with Crippen molar-refractivity contribution in [3.05, 3.63) is 0 Å². The standard InChI is InChI=1S/C14H28N2O/c1-5-14(4,12-17)11-16-8-6-15(7-9-16)10-13(2)3/h12-13H,5-11H2,1-4H3. The van der Waals surface area contributed by atoms with Gasteiger partial charge in [0.1, 0.15) is 6.29 Å². The molecule has 0 N–H and O–H groups in total. The van der Waals surface area contributed by atoms with E-state index < -0.39 is 0 Å². The molecule has 1 heterocycles. The number of hydrogen-bond donors (Lipinski definition) is 0. The summed E-state index contributed by atoms with van der Waals surface area (Å²) in [7, 11) is 0. The van der Waals surface area contributed by atoms with E-state index >= 15 is 0 Å². The van der Waals surface area contributed by atoms with Crippen LogP contribution in [0.2, 0.25) is 0 Å². The first-order chi connectivity index (χ1) is 7.99. The van der Waals surface area contributed by atoms with Crippen LogP contribution in [0.25, 0.3) is 0 Å². The van der Waals surface area contributed by atoms with E-state index in [1.165, 1.54) is 6.54 Å². The summed E-state index contributed by atoms with van der Waals surface area (Å²) in [6.07, 6.45) is 2.07. The average molecular weight is 240 g/mol. The van der Waals surface area contributed by atoms with Gasteiger partial charge in [-0.3, -0.25) is 4.90 Å². The smallest absolute Gasteiger partial charge is 0.127 e. The molecule has 0 aromatic rings. The lowest BCUT2D eigenvalue weighted by Crippen LogP contribution is -2.50. The van der Waals surface area contributed by atoms with E-state index in [4.69, 9.17) is 0 Å². The Bertz CT molecular complexity index is 234. The maximum Gasteiger partial charge on any atom is 0.127 e. The lowest BCUT2D eigenvalue weighted by Gasteiger charge is -2.38. The number of rotatable bonds is 6. The third-order valence-corrected chi connectivity index (χ3v) is 3.77. The highest BCUT2D eigenvalue weighted by molar-refractivity contribution is 5.58. The number of hydrogen-bond acceptors (Lipinski definition) is 3. The third kappa shape index (κ3) is 4.76. The third-order valence-electron chi connectivity index (χ3n) is 3.77. The van der Waals surface area contributed by atoms with Gasteiger partial charge >= 0.3 is 0 Å². The normalized spacial score (nSPS) is 22.6. The van der Waals surface area contributed by atoms with Crippen molar-refractivity contribution in [3.8, 4) is 0 Å². The van der Waals surface area contributed by atoms with Gasteiger partial charge < -0.3 is 9.69 Å². The van der Waals surface area contributed by atoms with Gasteiger partial charge in [0.2, 0.25) is 0 Å². The molecule has 0 spiro atoms. The molecular formula is C14H28N2O. The Balaban J connectivity index is 2.34. The van der Waals surface area contributed by atoms with Gasteiger partial charge in [-0.2, -0.15) is 0 Å². The average Bonchev–Trinajstić information content (AvgIpc) is 2.31. The van der Waals surface area contributed by atoms with Crippen molar-refractivity contribution in [2.24, 2.45) is 11.3 Å². The SMILES string of the molecule is CCC(C)(C=O)CN1CCN(CC(C)C)CC1. The zero-order valence-corrected chi connectivity index (χ0v) is 11.9. The summed E-state index contributed by atoms with van der Waals surface area (Å²) in [6.45, 7) is 15.3. The fraction of sp³-hybridized carbons (Fsp3) is 0.929. The van der Waals surface area contributed by atoms with E-state index in [9.17, 15) is 4.79 Å². The molecular weight excluding hydrogens is 212 g/mol. The van der Waals surface area contributed by atoms with Crippen molar-refractivity contribution in [3.63, 3.8) is 0 Å². The number of nitrogens with zero attached hydrogens (tertiary/aromatic N) is 2. The highest BCUT2D eigenvalue weighted by Gasteiger charge is 2.26. The highest BCUT2D eigenvalue weighted by Crippen LogP contribution is 2.20. The van der Waals surface area contributed by atoms with Crippen LogP contribution in [-0.2, 0) is 4.79 Å². The molecule has 1 rings (SSSR count). The molecule has 100 valence electrons. The van der Waals surface area contributed by atoms with Gasteiger partial charge in [0.25, 0.3) is 0 Å². The van der Waals surface area contributed by atoms with Crippen LogP contribution in [0.1, 0.15) is 34.1 Å². The lowest BCUT2D eigenvalue weighted by atomic mass is 9.88. The van der Waals surface area contributed by atoms with Crippen LogP contribution in [-0.4, -0.2) is 55.4 Å². The summed E-state index contributed by atoms with van der Waals surface area (Å²) in [4.78, 5) is 16.1. The van der Waals surface area contributed by atoms with Crippen LogP contribution < -0.4 is 0 Å². The van der Waals surface area contributed by atoms with E-state index in [1.54, 1.807) is 0 Å². The van der Waals surface area contributed by atoms with Gasteiger partial charge in [-0.05, 0) is 12.3 Å². The quantitative estimate of drug-likeness (QED) is 0.662. The Hall–Kier alpha value is -0.410. The minimum atomic E-state index is -0.153. The van der Waals surface area contributed by atoms with E-state index in [2.05, 4.69) is 37.5 Å². The van der Waals surface area contributed by atoms with Crippen LogP contribution >= 0.6 is 0 Å². The van der Waals surface area contributed by atoms with Gasteiger partial charge in [-0.15, -0.1) is 0 Å². The molecule has 0 aromatic carbocycles. The lowest BCUT2D eigenvalue weighted by molar-refractivity contribution is -0.116. The van der Waals surface area contributed by atoms with Crippen molar-refractivity contribution < 1.29 is 4.79 Å². The van der Waals surface area contributed by atoms with Crippen LogP contribution in [0.3, 0.4) is 0 Å². The van der Waals surface area contributed by atoms with Crippen LogP contribution in [0.5, 0.6) is 0 Å². The van der Waals surface area contributed by atoms with Crippen molar-refractivity contribution in [2.75, 3.05) is 39.3 Å². The predicted molar refractivity (Wildman–Crippen MR) is 72.2 cm³/mol. The van der Waals surface area contributed by atoms with Crippen molar-refractivity contribution in [2.45, 2.75) is 34.1 Å². The van der Waals surface area contributed by atoms with Crippen LogP contribution in [0, 0.1) is 11.3 Å². The second-order valence-corrected chi connectivity index (χ2v) is 6.10. The molecule has 0 aromatic heterocycles. The predicted octanol–water partition coefficient (Wildman–Crippen LogP) is 1.88. The summed E-state index contributed by atoms with van der Waals surface area (Å²) in [6, 6.07) is 0. The minimum Gasteiger partial charge on any atom is -0.303 e. The fourth-order valence-electron chi connectivity index (χ4n) is 2.39. The molecule has 0 saturated carbocycles. The number of piperazine rings is 1. The topological polar surface area (TPSA) is 23.6 Å². The first-order valence-electron chi connectivity index (χ1n) is 6.90. The second-order valence-electron chi connectivity index (χ2n) is 6.10. The summed E-state index contributed by atoms with van der Waals surface area (Å²) in [5.74, 6) is 0.748. The Morgan fingerprint density at radius 2 is 1.71 bits per heavy atom. The van der Waals surface area contributed by atoms with Gasteiger partial charge in [-0.25, -0.2) is 0 Å². The zero-order valence-electron chi connectivity index (χ0n) is 11.9. The number of aldehydes is 1. The first kappa shape index (κ1) is 14.7. The molecule has 3 nitrogen and oxygen atoms in total. The highest BCUT2D eigenvalue weighted by atomic mass is 16.1. The van der Waals surface area contributed by atoms with Crippen LogP contribution in [0.4, 0.5) is 0 Å². The number of carbonyl (C=O) groups excluding carboxylic acids is 1. The maximum atomic E-state index is 11.1. The Morgan fingerprint density at radius 1 is 1.18 bits per heavy atom. The molecule has 1 aliphatic heterocycles. The molecule has 0 aliphatic carbocycles. The molecule has 1 unspecified atom stereocenters. The van der Waals surface area contributed by atoms with Gasteiger partial charge in [-0.1, -0.05) is 27.7 Å². The fourth-order valence-corrected chi connectivity index (χ4v) is 2.39. The van der Waals surface area contributed by atoms with Crippen LogP contribution in [0.15, 0.2) is 0 Å². The summed E-state index contributed by atoms with van der Waals surface area (Å²) < 4.78 is 0. The molecule has 1 saturated heterocycles. The Morgan fingerprint density at radius 3 is 2.12 bits per heavy atom.